The molecule has 0 unspecified atom stereocenters. The lowest BCUT2D eigenvalue weighted by Crippen LogP contribution is -2.16. The maximum atomic E-state index is 7.94. The molecule has 0 fully saturated rings. The van der Waals surface area contributed by atoms with Gasteiger partial charge in [0.15, 0.2) is 0 Å². The van der Waals surface area contributed by atoms with E-state index in [0.29, 0.717) is 5.39 Å². The third-order valence-electron chi connectivity index (χ3n) is 2.26. The van der Waals surface area contributed by atoms with Crippen LogP contribution in [0.5, 0.6) is 0 Å². The van der Waals surface area contributed by atoms with Crippen LogP contribution in [0.3, 0.4) is 0 Å². The Labute approximate surface area is 107 Å². The SMILES string of the molecule is [2H]c1c(Cl)cc2cc(N)c(C(C)(C)C([2H])([2H])[2H])nc2c1[2H]. The largest absolute Gasteiger partial charge is 0.397 e. The number of nitrogens with two attached hydrogens (primary N) is 1. The van der Waals surface area contributed by atoms with Gasteiger partial charge in [-0.05, 0) is 24.2 Å². The molecule has 84 valence electrons. The third kappa shape index (κ3) is 1.98. The predicted molar refractivity (Wildman–Crippen MR) is 69.9 cm³/mol. The Bertz CT molecular complexity index is 725. The second kappa shape index (κ2) is 3.63. The fourth-order valence-corrected chi connectivity index (χ4v) is 1.71. The molecule has 0 amide bonds. The van der Waals surface area contributed by atoms with E-state index in [-0.39, 0.29) is 34.0 Å². The number of hydrogen-bond acceptors (Lipinski definition) is 2. The van der Waals surface area contributed by atoms with Gasteiger partial charge in [0.25, 0.3) is 0 Å². The molecule has 0 spiro atoms. The van der Waals surface area contributed by atoms with Crippen LogP contribution in [0.15, 0.2) is 24.2 Å². The minimum absolute atomic E-state index is 0.136. The number of aromatic nitrogens is 1. The summed E-state index contributed by atoms with van der Waals surface area (Å²) in [6, 6.07) is 2.78. The number of hydrogen-bond donors (Lipinski definition) is 1. The third-order valence-corrected chi connectivity index (χ3v) is 2.46. The van der Waals surface area contributed by atoms with Crippen LogP contribution in [0.1, 0.15) is 33.2 Å². The van der Waals surface area contributed by atoms with Gasteiger partial charge in [0.1, 0.15) is 0 Å². The van der Waals surface area contributed by atoms with Gasteiger partial charge >= 0.3 is 0 Å². The maximum Gasteiger partial charge on any atom is 0.0708 e. The van der Waals surface area contributed by atoms with Crippen LogP contribution >= 0.6 is 11.6 Å². The zero-order valence-electron chi connectivity index (χ0n) is 14.1. The summed E-state index contributed by atoms with van der Waals surface area (Å²) in [6.07, 6.45) is 0. The normalized spacial score (nSPS) is 17.3. The molecular weight excluding hydrogens is 220 g/mol. The molecule has 1 aromatic heterocycles. The van der Waals surface area contributed by atoms with Gasteiger partial charge in [0.2, 0.25) is 0 Å². The van der Waals surface area contributed by atoms with Gasteiger partial charge in [0.05, 0.1) is 19.6 Å². The highest BCUT2D eigenvalue weighted by Gasteiger charge is 2.19. The van der Waals surface area contributed by atoms with E-state index in [9.17, 15) is 0 Å². The highest BCUT2D eigenvalue weighted by molar-refractivity contribution is 6.31. The molecule has 2 nitrogen and oxygen atoms in total. The summed E-state index contributed by atoms with van der Waals surface area (Å²) >= 11 is 5.88. The standard InChI is InChI=1S/C13H15ClN2/c1-13(2,3)12-10(15)7-8-6-9(14)4-5-11(8)16-12/h4-7H,15H2,1-3H3/i1D3,4D,5D. The van der Waals surface area contributed by atoms with Crippen LogP contribution in [-0.2, 0) is 5.41 Å². The van der Waals surface area contributed by atoms with Crippen LogP contribution < -0.4 is 5.73 Å². The average molecular weight is 240 g/mol. The van der Waals surface area contributed by atoms with Gasteiger partial charge in [-0.1, -0.05) is 32.3 Å². The first-order valence-corrected chi connectivity index (χ1v) is 5.21. The topological polar surface area (TPSA) is 38.9 Å². The second-order valence-corrected chi connectivity index (χ2v) is 4.64. The van der Waals surface area contributed by atoms with Crippen molar-refractivity contribution < 1.29 is 6.85 Å². The average Bonchev–Trinajstić information content (AvgIpc) is 2.34. The predicted octanol–water partition coefficient (Wildman–Crippen LogP) is 3.77. The summed E-state index contributed by atoms with van der Waals surface area (Å²) in [4.78, 5) is 4.26. The Kier molecular flexibility index (Phi) is 1.47. The molecule has 2 rings (SSSR count). The molecule has 0 radical (unpaired) electrons. The van der Waals surface area contributed by atoms with E-state index in [1.807, 2.05) is 0 Å². The molecule has 0 saturated heterocycles. The quantitative estimate of drug-likeness (QED) is 0.760. The van der Waals surface area contributed by atoms with Crippen LogP contribution in [0.2, 0.25) is 5.02 Å². The van der Waals surface area contributed by atoms with Crippen molar-refractivity contribution >= 4 is 28.2 Å². The number of benzene rings is 1. The number of fused-ring (bicyclic) bond motifs is 1. The Morgan fingerprint density at radius 2 is 2.19 bits per heavy atom. The van der Waals surface area contributed by atoms with Crippen molar-refractivity contribution in [2.75, 3.05) is 5.73 Å². The van der Waals surface area contributed by atoms with Crippen molar-refractivity contribution in [1.82, 2.24) is 4.98 Å². The smallest absolute Gasteiger partial charge is 0.0708 e. The zero-order valence-corrected chi connectivity index (χ0v) is 9.81. The van der Waals surface area contributed by atoms with E-state index < -0.39 is 12.3 Å². The van der Waals surface area contributed by atoms with Gasteiger partial charge in [-0.15, -0.1) is 0 Å². The van der Waals surface area contributed by atoms with Crippen molar-refractivity contribution in [1.29, 1.82) is 0 Å². The summed E-state index contributed by atoms with van der Waals surface area (Å²) in [6.45, 7) is 0.775. The first kappa shape index (κ1) is 6.45. The Morgan fingerprint density at radius 1 is 1.44 bits per heavy atom. The van der Waals surface area contributed by atoms with E-state index in [1.165, 1.54) is 19.9 Å². The number of halogens is 1. The van der Waals surface area contributed by atoms with Crippen LogP contribution in [-0.4, -0.2) is 4.98 Å². The van der Waals surface area contributed by atoms with Crippen molar-refractivity contribution in [2.24, 2.45) is 0 Å². The van der Waals surface area contributed by atoms with E-state index >= 15 is 0 Å². The lowest BCUT2D eigenvalue weighted by Gasteiger charge is -2.20. The highest BCUT2D eigenvalue weighted by Crippen LogP contribution is 2.29. The fraction of sp³-hybridized carbons (Fsp3) is 0.308. The lowest BCUT2D eigenvalue weighted by atomic mass is 9.90. The number of nitrogens with zero attached hydrogens (tertiary/aromatic N) is 1. The Hall–Kier alpha value is -1.28. The Morgan fingerprint density at radius 3 is 2.88 bits per heavy atom. The molecule has 1 aromatic carbocycles. The van der Waals surface area contributed by atoms with E-state index in [0.717, 1.165) is 0 Å². The summed E-state index contributed by atoms with van der Waals surface area (Å²) in [5.74, 6) is 0. The monoisotopic (exact) mass is 239 g/mol. The van der Waals surface area contributed by atoms with Crippen molar-refractivity contribution in [3.05, 3.63) is 34.9 Å². The summed E-state index contributed by atoms with van der Waals surface area (Å²) in [7, 11) is 0. The molecule has 0 aliphatic rings. The molecule has 0 saturated carbocycles. The Balaban J connectivity index is 2.82. The first-order valence-electron chi connectivity index (χ1n) is 7.33. The van der Waals surface area contributed by atoms with E-state index in [4.69, 9.17) is 24.2 Å². The number of nitrogen functional groups attached to an aromatic ring is 1. The molecule has 3 heteroatoms. The summed E-state index contributed by atoms with van der Waals surface area (Å²) < 4.78 is 38.6. The van der Waals surface area contributed by atoms with Crippen molar-refractivity contribution in [2.45, 2.75) is 26.1 Å². The van der Waals surface area contributed by atoms with Gasteiger partial charge in [-0.25, -0.2) is 0 Å². The van der Waals surface area contributed by atoms with Crippen LogP contribution in [0, 0.1) is 0 Å². The van der Waals surface area contributed by atoms with Gasteiger partial charge in [0, 0.05) is 19.9 Å². The summed E-state index contributed by atoms with van der Waals surface area (Å²) in [5, 5.41) is 0.653. The second-order valence-electron chi connectivity index (χ2n) is 4.23. The van der Waals surface area contributed by atoms with Crippen molar-refractivity contribution in [3.63, 3.8) is 0 Å². The van der Waals surface area contributed by atoms with Gasteiger partial charge < -0.3 is 5.73 Å². The molecule has 0 bridgehead atoms. The number of pyridine rings is 1. The fourth-order valence-electron chi connectivity index (χ4n) is 1.55. The summed E-state index contributed by atoms with van der Waals surface area (Å²) in [5.41, 5.74) is 5.34. The molecule has 0 aliphatic heterocycles. The van der Waals surface area contributed by atoms with Crippen molar-refractivity contribution in [3.8, 4) is 0 Å². The zero-order chi connectivity index (χ0) is 16.2. The molecule has 0 atom stereocenters. The first-order chi connectivity index (χ1) is 9.46. The van der Waals surface area contributed by atoms with Gasteiger partial charge in [-0.2, -0.15) is 0 Å². The van der Waals surface area contributed by atoms with Gasteiger partial charge in [-0.3, -0.25) is 4.98 Å². The molecular formula is C13H15ClN2. The highest BCUT2D eigenvalue weighted by atomic mass is 35.5. The minimum Gasteiger partial charge on any atom is -0.397 e. The van der Waals surface area contributed by atoms with Crippen LogP contribution in [0.25, 0.3) is 10.9 Å². The number of anilines is 1. The molecule has 2 N–H and O–H groups in total. The van der Waals surface area contributed by atoms with E-state index in [1.54, 1.807) is 6.07 Å². The number of rotatable bonds is 0. The lowest BCUT2D eigenvalue weighted by molar-refractivity contribution is 0.574. The maximum absolute atomic E-state index is 7.94. The van der Waals surface area contributed by atoms with Crippen LogP contribution in [0.4, 0.5) is 5.69 Å². The molecule has 0 aliphatic carbocycles. The minimum atomic E-state index is -2.29. The molecule has 16 heavy (non-hydrogen) atoms. The molecule has 2 aromatic rings. The molecule has 1 heterocycles. The van der Waals surface area contributed by atoms with E-state index in [2.05, 4.69) is 4.98 Å².